The first-order valence-corrected chi connectivity index (χ1v) is 7.63. The molecule has 4 heteroatoms. The lowest BCUT2D eigenvalue weighted by atomic mass is 10.0. The van der Waals surface area contributed by atoms with Crippen LogP contribution in [0.15, 0.2) is 48.5 Å². The topological polar surface area (TPSA) is 58.6 Å². The van der Waals surface area contributed by atoms with Crippen LogP contribution in [0.25, 0.3) is 11.1 Å². The SMILES string of the molecule is CC(C)(C)OC(=O)NCc1cccc(-c2cccc(CO)c2)c1. The molecule has 0 saturated heterocycles. The van der Waals surface area contributed by atoms with E-state index in [2.05, 4.69) is 5.32 Å². The summed E-state index contributed by atoms with van der Waals surface area (Å²) in [5.74, 6) is 0. The highest BCUT2D eigenvalue weighted by Gasteiger charge is 2.15. The van der Waals surface area contributed by atoms with E-state index in [0.29, 0.717) is 6.54 Å². The minimum absolute atomic E-state index is 0.0216. The zero-order valence-corrected chi connectivity index (χ0v) is 13.8. The number of aliphatic hydroxyl groups is 1. The van der Waals surface area contributed by atoms with Crippen molar-refractivity contribution in [2.45, 2.75) is 39.5 Å². The highest BCUT2D eigenvalue weighted by atomic mass is 16.6. The van der Waals surface area contributed by atoms with Crippen molar-refractivity contribution in [2.75, 3.05) is 0 Å². The van der Waals surface area contributed by atoms with Gasteiger partial charge in [-0.1, -0.05) is 36.4 Å². The number of carbonyl (C=O) groups is 1. The number of amides is 1. The van der Waals surface area contributed by atoms with E-state index < -0.39 is 11.7 Å². The molecule has 122 valence electrons. The van der Waals surface area contributed by atoms with Crippen LogP contribution in [0.3, 0.4) is 0 Å². The lowest BCUT2D eigenvalue weighted by Crippen LogP contribution is -2.32. The molecule has 1 amide bonds. The number of nitrogens with one attached hydrogen (secondary N) is 1. The van der Waals surface area contributed by atoms with E-state index in [0.717, 1.165) is 22.3 Å². The molecule has 0 fully saturated rings. The summed E-state index contributed by atoms with van der Waals surface area (Å²) in [5.41, 5.74) is 3.44. The smallest absolute Gasteiger partial charge is 0.407 e. The summed E-state index contributed by atoms with van der Waals surface area (Å²) in [5, 5.41) is 12.0. The minimum atomic E-state index is -0.503. The average Bonchev–Trinajstić information content (AvgIpc) is 2.52. The van der Waals surface area contributed by atoms with Gasteiger partial charge in [-0.15, -0.1) is 0 Å². The Kier molecular flexibility index (Phi) is 5.40. The van der Waals surface area contributed by atoms with Gasteiger partial charge in [-0.05, 0) is 55.2 Å². The summed E-state index contributed by atoms with van der Waals surface area (Å²) in [6.45, 7) is 5.93. The lowest BCUT2D eigenvalue weighted by Gasteiger charge is -2.19. The van der Waals surface area contributed by atoms with Crippen LogP contribution in [0.5, 0.6) is 0 Å². The standard InChI is InChI=1S/C19H23NO3/c1-19(2,3)23-18(22)20-12-14-6-4-8-16(10-14)17-9-5-7-15(11-17)13-21/h4-11,21H,12-13H2,1-3H3,(H,20,22). The molecule has 0 unspecified atom stereocenters. The molecular formula is C19H23NO3. The van der Waals surface area contributed by atoms with Gasteiger partial charge in [0.2, 0.25) is 0 Å². The number of rotatable bonds is 4. The van der Waals surface area contributed by atoms with Crippen molar-refractivity contribution in [3.63, 3.8) is 0 Å². The lowest BCUT2D eigenvalue weighted by molar-refractivity contribution is 0.0523. The summed E-state index contributed by atoms with van der Waals surface area (Å²) in [4.78, 5) is 11.7. The Bertz CT molecular complexity index is 674. The zero-order valence-electron chi connectivity index (χ0n) is 13.8. The van der Waals surface area contributed by atoms with Crippen molar-refractivity contribution in [1.82, 2.24) is 5.32 Å². The predicted octanol–water partition coefficient (Wildman–Crippen LogP) is 3.87. The van der Waals surface area contributed by atoms with Crippen LogP contribution < -0.4 is 5.32 Å². The molecule has 0 spiro atoms. The highest BCUT2D eigenvalue weighted by Crippen LogP contribution is 2.21. The van der Waals surface area contributed by atoms with Crippen molar-refractivity contribution in [3.8, 4) is 11.1 Å². The van der Waals surface area contributed by atoms with E-state index in [1.807, 2.05) is 69.3 Å². The van der Waals surface area contributed by atoms with Gasteiger partial charge < -0.3 is 15.2 Å². The zero-order chi connectivity index (χ0) is 16.9. The Morgan fingerprint density at radius 3 is 2.17 bits per heavy atom. The van der Waals surface area contributed by atoms with Gasteiger partial charge >= 0.3 is 6.09 Å². The molecule has 2 rings (SSSR count). The molecule has 0 radical (unpaired) electrons. The van der Waals surface area contributed by atoms with E-state index in [9.17, 15) is 9.90 Å². The molecular weight excluding hydrogens is 290 g/mol. The summed E-state index contributed by atoms with van der Waals surface area (Å²) in [7, 11) is 0. The fourth-order valence-electron chi connectivity index (χ4n) is 2.20. The van der Waals surface area contributed by atoms with Crippen LogP contribution in [0.4, 0.5) is 4.79 Å². The Labute approximate surface area is 137 Å². The van der Waals surface area contributed by atoms with Gasteiger partial charge in [0.1, 0.15) is 5.60 Å². The van der Waals surface area contributed by atoms with E-state index in [1.54, 1.807) is 0 Å². The molecule has 0 aliphatic rings. The predicted molar refractivity (Wildman–Crippen MR) is 90.9 cm³/mol. The molecule has 2 aromatic rings. The van der Waals surface area contributed by atoms with Gasteiger partial charge in [0.15, 0.2) is 0 Å². The minimum Gasteiger partial charge on any atom is -0.444 e. The molecule has 0 bridgehead atoms. The number of alkyl carbamates (subject to hydrolysis) is 1. The van der Waals surface area contributed by atoms with Crippen LogP contribution >= 0.6 is 0 Å². The van der Waals surface area contributed by atoms with Gasteiger partial charge in [-0.2, -0.15) is 0 Å². The quantitative estimate of drug-likeness (QED) is 0.901. The third-order valence-electron chi connectivity index (χ3n) is 3.21. The molecule has 0 aliphatic carbocycles. The summed E-state index contributed by atoms with van der Waals surface area (Å²) >= 11 is 0. The Morgan fingerprint density at radius 2 is 1.61 bits per heavy atom. The van der Waals surface area contributed by atoms with E-state index >= 15 is 0 Å². The number of benzene rings is 2. The molecule has 23 heavy (non-hydrogen) atoms. The number of ether oxygens (including phenoxy) is 1. The molecule has 0 aromatic heterocycles. The van der Waals surface area contributed by atoms with Crippen molar-refractivity contribution in [2.24, 2.45) is 0 Å². The van der Waals surface area contributed by atoms with Crippen molar-refractivity contribution < 1.29 is 14.6 Å². The number of hydrogen-bond donors (Lipinski definition) is 2. The Hall–Kier alpha value is -2.33. The van der Waals surface area contributed by atoms with Crippen LogP contribution in [-0.2, 0) is 17.9 Å². The van der Waals surface area contributed by atoms with Crippen molar-refractivity contribution >= 4 is 6.09 Å². The number of carbonyl (C=O) groups excluding carboxylic acids is 1. The normalized spacial score (nSPS) is 11.1. The molecule has 4 nitrogen and oxygen atoms in total. The van der Waals surface area contributed by atoms with Gasteiger partial charge in [0.25, 0.3) is 0 Å². The van der Waals surface area contributed by atoms with Crippen molar-refractivity contribution in [3.05, 3.63) is 59.7 Å². The van der Waals surface area contributed by atoms with Crippen molar-refractivity contribution in [1.29, 1.82) is 0 Å². The largest absolute Gasteiger partial charge is 0.444 e. The van der Waals surface area contributed by atoms with Crippen LogP contribution in [0, 0.1) is 0 Å². The third-order valence-corrected chi connectivity index (χ3v) is 3.21. The summed E-state index contributed by atoms with van der Waals surface area (Å²) in [6.07, 6.45) is -0.426. The van der Waals surface area contributed by atoms with E-state index in [4.69, 9.17) is 4.74 Å². The Balaban J connectivity index is 2.06. The molecule has 2 N–H and O–H groups in total. The van der Waals surface area contributed by atoms with E-state index in [1.165, 1.54) is 0 Å². The van der Waals surface area contributed by atoms with Gasteiger partial charge in [0, 0.05) is 6.54 Å². The van der Waals surface area contributed by atoms with Crippen LogP contribution in [0.1, 0.15) is 31.9 Å². The first kappa shape index (κ1) is 17.0. The highest BCUT2D eigenvalue weighted by molar-refractivity contribution is 5.68. The maximum absolute atomic E-state index is 11.7. The van der Waals surface area contributed by atoms with Gasteiger partial charge in [0.05, 0.1) is 6.61 Å². The maximum Gasteiger partial charge on any atom is 0.407 e. The molecule has 2 aromatic carbocycles. The molecule has 0 aliphatic heterocycles. The molecule has 0 atom stereocenters. The fraction of sp³-hybridized carbons (Fsp3) is 0.316. The maximum atomic E-state index is 11.7. The Morgan fingerprint density at radius 1 is 1.04 bits per heavy atom. The second-order valence-corrected chi connectivity index (χ2v) is 6.41. The fourth-order valence-corrected chi connectivity index (χ4v) is 2.20. The van der Waals surface area contributed by atoms with E-state index in [-0.39, 0.29) is 6.61 Å². The summed E-state index contributed by atoms with van der Waals surface area (Å²) in [6, 6.07) is 15.7. The molecule has 0 heterocycles. The molecule has 0 saturated carbocycles. The van der Waals surface area contributed by atoms with Gasteiger partial charge in [-0.25, -0.2) is 4.79 Å². The third kappa shape index (κ3) is 5.42. The second-order valence-electron chi connectivity index (χ2n) is 6.41. The monoisotopic (exact) mass is 313 g/mol. The average molecular weight is 313 g/mol. The van der Waals surface area contributed by atoms with Gasteiger partial charge in [-0.3, -0.25) is 0 Å². The second kappa shape index (κ2) is 7.29. The number of aliphatic hydroxyl groups excluding tert-OH is 1. The van der Waals surface area contributed by atoms with Crippen LogP contribution in [-0.4, -0.2) is 16.8 Å². The first-order valence-electron chi connectivity index (χ1n) is 7.63. The van der Waals surface area contributed by atoms with Crippen LogP contribution in [0.2, 0.25) is 0 Å². The number of hydrogen-bond acceptors (Lipinski definition) is 3. The first-order chi connectivity index (χ1) is 10.9. The summed E-state index contributed by atoms with van der Waals surface area (Å²) < 4.78 is 5.23.